The first-order chi connectivity index (χ1) is 10.1. The van der Waals surface area contributed by atoms with Crippen LogP contribution in [-0.2, 0) is 16.0 Å². The van der Waals surface area contributed by atoms with Crippen LogP contribution < -0.4 is 5.32 Å². The third-order valence-electron chi connectivity index (χ3n) is 2.68. The van der Waals surface area contributed by atoms with Gasteiger partial charge >= 0.3 is 5.97 Å². The Kier molecular flexibility index (Phi) is 4.82. The highest BCUT2D eigenvalue weighted by molar-refractivity contribution is 5.92. The van der Waals surface area contributed by atoms with Crippen LogP contribution >= 0.6 is 0 Å². The number of amides is 1. The summed E-state index contributed by atoms with van der Waals surface area (Å²) in [4.78, 5) is 26.3. The summed E-state index contributed by atoms with van der Waals surface area (Å²) in [6.45, 7) is 0. The van der Waals surface area contributed by atoms with Crippen molar-refractivity contribution in [3.8, 4) is 0 Å². The summed E-state index contributed by atoms with van der Waals surface area (Å²) >= 11 is 0. The van der Waals surface area contributed by atoms with Crippen LogP contribution in [0.15, 0.2) is 54.9 Å². The molecule has 1 aromatic carbocycles. The van der Waals surface area contributed by atoms with Gasteiger partial charge in [0.25, 0.3) is 0 Å². The second-order valence-electron chi connectivity index (χ2n) is 4.38. The fraction of sp³-hybridized carbons (Fsp3) is 0.0625. The largest absolute Gasteiger partial charge is 0.478 e. The van der Waals surface area contributed by atoms with Crippen molar-refractivity contribution in [2.24, 2.45) is 0 Å². The van der Waals surface area contributed by atoms with Crippen LogP contribution in [-0.4, -0.2) is 22.0 Å². The number of anilines is 1. The fourth-order valence-corrected chi connectivity index (χ4v) is 1.78. The van der Waals surface area contributed by atoms with E-state index in [0.717, 1.165) is 11.6 Å². The normalized spacial score (nSPS) is 10.5. The first-order valence-electron chi connectivity index (χ1n) is 6.33. The molecule has 0 aliphatic carbocycles. The van der Waals surface area contributed by atoms with Gasteiger partial charge in [-0.25, -0.2) is 4.79 Å². The second-order valence-corrected chi connectivity index (χ2v) is 4.38. The minimum absolute atomic E-state index is 0.151. The lowest BCUT2D eigenvalue weighted by atomic mass is 10.1. The monoisotopic (exact) mass is 282 g/mol. The number of rotatable bonds is 5. The van der Waals surface area contributed by atoms with Gasteiger partial charge in [-0.3, -0.25) is 9.78 Å². The zero-order valence-corrected chi connectivity index (χ0v) is 11.2. The third-order valence-corrected chi connectivity index (χ3v) is 2.68. The van der Waals surface area contributed by atoms with E-state index in [2.05, 4.69) is 10.3 Å². The van der Waals surface area contributed by atoms with Crippen molar-refractivity contribution < 1.29 is 14.7 Å². The fourth-order valence-electron chi connectivity index (χ4n) is 1.78. The summed E-state index contributed by atoms with van der Waals surface area (Å²) in [5.41, 5.74) is 2.16. The Hall–Kier alpha value is -2.95. The van der Waals surface area contributed by atoms with Crippen LogP contribution in [0.25, 0.3) is 6.08 Å². The molecular formula is C16H14N2O3. The summed E-state index contributed by atoms with van der Waals surface area (Å²) in [7, 11) is 0. The molecule has 0 aliphatic heterocycles. The van der Waals surface area contributed by atoms with E-state index < -0.39 is 5.97 Å². The van der Waals surface area contributed by atoms with Crippen LogP contribution in [0, 0.1) is 0 Å². The van der Waals surface area contributed by atoms with Gasteiger partial charge in [0.2, 0.25) is 5.91 Å². The first kappa shape index (κ1) is 14.5. The number of hydrogen-bond donors (Lipinski definition) is 2. The average Bonchev–Trinajstić information content (AvgIpc) is 2.46. The minimum atomic E-state index is -1.01. The summed E-state index contributed by atoms with van der Waals surface area (Å²) < 4.78 is 0. The molecule has 0 atom stereocenters. The quantitative estimate of drug-likeness (QED) is 0.825. The molecule has 21 heavy (non-hydrogen) atoms. The highest BCUT2D eigenvalue weighted by Crippen LogP contribution is 2.12. The number of carboxylic acids is 1. The van der Waals surface area contributed by atoms with Gasteiger partial charge in [0.1, 0.15) is 0 Å². The van der Waals surface area contributed by atoms with E-state index >= 15 is 0 Å². The molecule has 106 valence electrons. The number of hydrogen-bond acceptors (Lipinski definition) is 3. The highest BCUT2D eigenvalue weighted by Gasteiger charge is 2.04. The summed E-state index contributed by atoms with van der Waals surface area (Å²) in [6.07, 6.45) is 6.06. The van der Waals surface area contributed by atoms with Gasteiger partial charge in [0.05, 0.1) is 6.42 Å². The van der Waals surface area contributed by atoms with Gasteiger partial charge < -0.3 is 10.4 Å². The smallest absolute Gasteiger partial charge is 0.328 e. The number of carbonyl (C=O) groups excluding carboxylic acids is 1. The predicted molar refractivity (Wildman–Crippen MR) is 79.7 cm³/mol. The summed E-state index contributed by atoms with van der Waals surface area (Å²) in [6, 6.07) is 10.6. The molecule has 0 bridgehead atoms. The lowest BCUT2D eigenvalue weighted by molar-refractivity contribution is -0.131. The van der Waals surface area contributed by atoms with Gasteiger partial charge in [-0.15, -0.1) is 0 Å². The molecule has 1 aromatic heterocycles. The third kappa shape index (κ3) is 4.91. The molecule has 0 saturated heterocycles. The molecule has 0 aliphatic rings. The molecule has 0 radical (unpaired) electrons. The van der Waals surface area contributed by atoms with Crippen LogP contribution in [0.5, 0.6) is 0 Å². The van der Waals surface area contributed by atoms with E-state index in [1.165, 1.54) is 6.08 Å². The van der Waals surface area contributed by atoms with Gasteiger partial charge in [-0.1, -0.05) is 18.2 Å². The van der Waals surface area contributed by atoms with Crippen LogP contribution in [0.1, 0.15) is 11.1 Å². The van der Waals surface area contributed by atoms with E-state index in [1.807, 2.05) is 6.07 Å². The topological polar surface area (TPSA) is 79.3 Å². The van der Waals surface area contributed by atoms with Gasteiger partial charge in [0.15, 0.2) is 0 Å². The average molecular weight is 282 g/mol. The van der Waals surface area contributed by atoms with Crippen molar-refractivity contribution in [3.63, 3.8) is 0 Å². The minimum Gasteiger partial charge on any atom is -0.478 e. The number of aliphatic carboxylic acids is 1. The molecule has 2 aromatic rings. The van der Waals surface area contributed by atoms with Crippen molar-refractivity contribution in [2.45, 2.75) is 6.42 Å². The highest BCUT2D eigenvalue weighted by atomic mass is 16.4. The molecule has 0 saturated carbocycles. The SMILES string of the molecule is O=C(O)C=Cc1cccc(NC(=O)Cc2cccnc2)c1. The van der Waals surface area contributed by atoms with E-state index in [1.54, 1.807) is 42.7 Å². The number of aromatic nitrogens is 1. The molecule has 0 fully saturated rings. The molecular weight excluding hydrogens is 268 g/mol. The Labute approximate surface area is 122 Å². The number of nitrogens with zero attached hydrogens (tertiary/aromatic N) is 1. The van der Waals surface area contributed by atoms with Gasteiger partial charge in [-0.2, -0.15) is 0 Å². The number of benzene rings is 1. The Morgan fingerprint density at radius 3 is 2.81 bits per heavy atom. The lowest BCUT2D eigenvalue weighted by Gasteiger charge is -2.06. The van der Waals surface area contributed by atoms with Crippen molar-refractivity contribution in [1.29, 1.82) is 0 Å². The molecule has 5 nitrogen and oxygen atoms in total. The number of nitrogens with one attached hydrogen (secondary N) is 1. The van der Waals surface area contributed by atoms with E-state index in [9.17, 15) is 9.59 Å². The zero-order chi connectivity index (χ0) is 15.1. The summed E-state index contributed by atoms with van der Waals surface area (Å²) in [5.74, 6) is -1.16. The van der Waals surface area contributed by atoms with E-state index in [-0.39, 0.29) is 12.3 Å². The molecule has 1 heterocycles. The van der Waals surface area contributed by atoms with Crippen molar-refractivity contribution in [3.05, 3.63) is 66.0 Å². The maximum atomic E-state index is 11.9. The molecule has 0 unspecified atom stereocenters. The van der Waals surface area contributed by atoms with Gasteiger partial charge in [0, 0.05) is 24.2 Å². The molecule has 0 spiro atoms. The zero-order valence-electron chi connectivity index (χ0n) is 11.2. The number of carbonyl (C=O) groups is 2. The molecule has 5 heteroatoms. The maximum absolute atomic E-state index is 11.9. The van der Waals surface area contributed by atoms with Gasteiger partial charge in [-0.05, 0) is 35.4 Å². The van der Waals surface area contributed by atoms with Crippen molar-refractivity contribution in [1.82, 2.24) is 4.98 Å². The molecule has 2 rings (SSSR count). The van der Waals surface area contributed by atoms with E-state index in [4.69, 9.17) is 5.11 Å². The number of pyridine rings is 1. The predicted octanol–water partition coefficient (Wildman–Crippen LogP) is 2.36. The van der Waals surface area contributed by atoms with Crippen LogP contribution in [0.4, 0.5) is 5.69 Å². The Balaban J connectivity index is 2.01. The van der Waals surface area contributed by atoms with E-state index in [0.29, 0.717) is 11.3 Å². The Morgan fingerprint density at radius 2 is 2.10 bits per heavy atom. The Morgan fingerprint density at radius 1 is 1.24 bits per heavy atom. The second kappa shape index (κ2) is 7.00. The van der Waals surface area contributed by atoms with Crippen LogP contribution in [0.3, 0.4) is 0 Å². The number of carboxylic acid groups (broad SMARTS) is 1. The van der Waals surface area contributed by atoms with Crippen LogP contribution in [0.2, 0.25) is 0 Å². The first-order valence-corrected chi connectivity index (χ1v) is 6.33. The van der Waals surface area contributed by atoms with Crippen molar-refractivity contribution >= 4 is 23.6 Å². The maximum Gasteiger partial charge on any atom is 0.328 e. The molecule has 1 amide bonds. The molecule has 2 N–H and O–H groups in total. The standard InChI is InChI=1S/C16H14N2O3/c19-15(10-13-4-2-8-17-11-13)18-14-5-1-3-12(9-14)6-7-16(20)21/h1-9,11H,10H2,(H,18,19)(H,20,21). The Bertz CT molecular complexity index is 666. The summed E-state index contributed by atoms with van der Waals surface area (Å²) in [5, 5.41) is 11.4. The lowest BCUT2D eigenvalue weighted by Crippen LogP contribution is -2.14. The van der Waals surface area contributed by atoms with Crippen molar-refractivity contribution in [2.75, 3.05) is 5.32 Å².